The first kappa shape index (κ1) is 13.3. The van der Waals surface area contributed by atoms with Crippen LogP contribution in [0.2, 0.25) is 0 Å². The SMILES string of the molecule is CC(C)(N)CSCCOc1ccc(F)cc1. The maximum Gasteiger partial charge on any atom is 0.123 e. The van der Waals surface area contributed by atoms with E-state index in [0.717, 1.165) is 11.5 Å². The van der Waals surface area contributed by atoms with E-state index < -0.39 is 0 Å². The fraction of sp³-hybridized carbons (Fsp3) is 0.500. The van der Waals surface area contributed by atoms with Crippen molar-refractivity contribution in [2.75, 3.05) is 18.1 Å². The van der Waals surface area contributed by atoms with Gasteiger partial charge in [0.1, 0.15) is 11.6 Å². The minimum absolute atomic E-state index is 0.138. The standard InChI is InChI=1S/C12H18FNOS/c1-12(2,14)9-16-8-7-15-11-5-3-10(13)4-6-11/h3-6H,7-9,14H2,1-2H3. The Balaban J connectivity index is 2.14. The zero-order valence-electron chi connectivity index (χ0n) is 9.70. The van der Waals surface area contributed by atoms with Crippen molar-refractivity contribution in [1.29, 1.82) is 0 Å². The van der Waals surface area contributed by atoms with Crippen LogP contribution in [0.5, 0.6) is 5.75 Å². The molecule has 2 N–H and O–H groups in total. The molecule has 0 aliphatic rings. The highest BCUT2D eigenvalue weighted by Gasteiger charge is 2.09. The summed E-state index contributed by atoms with van der Waals surface area (Å²) >= 11 is 1.76. The van der Waals surface area contributed by atoms with Crippen LogP contribution >= 0.6 is 11.8 Å². The predicted molar refractivity (Wildman–Crippen MR) is 67.5 cm³/mol. The summed E-state index contributed by atoms with van der Waals surface area (Å²) in [6, 6.07) is 6.05. The van der Waals surface area contributed by atoms with Crippen molar-refractivity contribution in [2.24, 2.45) is 5.73 Å². The van der Waals surface area contributed by atoms with E-state index >= 15 is 0 Å². The third-order valence-corrected chi connectivity index (χ3v) is 3.19. The highest BCUT2D eigenvalue weighted by molar-refractivity contribution is 7.99. The predicted octanol–water partition coefficient (Wildman–Crippen LogP) is 2.68. The molecule has 0 unspecified atom stereocenters. The molecule has 0 saturated carbocycles. The van der Waals surface area contributed by atoms with Crippen LogP contribution in [0.25, 0.3) is 0 Å². The molecule has 2 nitrogen and oxygen atoms in total. The quantitative estimate of drug-likeness (QED) is 0.780. The summed E-state index contributed by atoms with van der Waals surface area (Å²) in [5, 5.41) is 0. The molecule has 0 spiro atoms. The number of halogens is 1. The number of hydrogen-bond donors (Lipinski definition) is 1. The number of thioether (sulfide) groups is 1. The lowest BCUT2D eigenvalue weighted by Gasteiger charge is -2.17. The lowest BCUT2D eigenvalue weighted by atomic mass is 10.1. The second kappa shape index (κ2) is 6.11. The average Bonchev–Trinajstić information content (AvgIpc) is 2.19. The number of ether oxygens (including phenoxy) is 1. The summed E-state index contributed by atoms with van der Waals surface area (Å²) in [5.41, 5.74) is 5.70. The Hall–Kier alpha value is -0.740. The third-order valence-electron chi connectivity index (χ3n) is 1.78. The van der Waals surface area contributed by atoms with E-state index in [9.17, 15) is 4.39 Å². The lowest BCUT2D eigenvalue weighted by Crippen LogP contribution is -2.34. The summed E-state index contributed by atoms with van der Waals surface area (Å²) in [6.07, 6.45) is 0. The smallest absolute Gasteiger partial charge is 0.123 e. The second-order valence-corrected chi connectivity index (χ2v) is 5.45. The minimum Gasteiger partial charge on any atom is -0.493 e. The van der Waals surface area contributed by atoms with Crippen molar-refractivity contribution in [3.8, 4) is 5.75 Å². The molecular weight excluding hydrogens is 225 g/mol. The van der Waals surface area contributed by atoms with Crippen LogP contribution in [0.3, 0.4) is 0 Å². The molecule has 0 aliphatic carbocycles. The minimum atomic E-state index is -0.244. The van der Waals surface area contributed by atoms with Gasteiger partial charge in [0.15, 0.2) is 0 Å². The van der Waals surface area contributed by atoms with Gasteiger partial charge in [0.2, 0.25) is 0 Å². The largest absolute Gasteiger partial charge is 0.493 e. The first-order valence-corrected chi connectivity index (χ1v) is 6.38. The van der Waals surface area contributed by atoms with Crippen LogP contribution in [0.1, 0.15) is 13.8 Å². The van der Waals surface area contributed by atoms with E-state index in [1.807, 2.05) is 13.8 Å². The van der Waals surface area contributed by atoms with Crippen LogP contribution < -0.4 is 10.5 Å². The van der Waals surface area contributed by atoms with E-state index in [-0.39, 0.29) is 11.4 Å². The Morgan fingerprint density at radius 3 is 2.50 bits per heavy atom. The molecular formula is C12H18FNOS. The van der Waals surface area contributed by atoms with Crippen molar-refractivity contribution in [2.45, 2.75) is 19.4 Å². The van der Waals surface area contributed by atoms with Crippen LogP contribution in [0.4, 0.5) is 4.39 Å². The van der Waals surface area contributed by atoms with E-state index in [1.54, 1.807) is 23.9 Å². The Labute approximate surface area is 100 Å². The average molecular weight is 243 g/mol. The van der Waals surface area contributed by atoms with Gasteiger partial charge in [0.25, 0.3) is 0 Å². The van der Waals surface area contributed by atoms with E-state index in [4.69, 9.17) is 10.5 Å². The normalized spacial score (nSPS) is 11.5. The number of hydrogen-bond acceptors (Lipinski definition) is 3. The van der Waals surface area contributed by atoms with Crippen molar-refractivity contribution in [3.63, 3.8) is 0 Å². The summed E-state index contributed by atoms with van der Waals surface area (Å²) < 4.78 is 18.0. The van der Waals surface area contributed by atoms with Gasteiger partial charge in [-0.2, -0.15) is 11.8 Å². The van der Waals surface area contributed by atoms with Gasteiger partial charge in [0.05, 0.1) is 6.61 Å². The summed E-state index contributed by atoms with van der Waals surface area (Å²) in [7, 11) is 0. The molecule has 1 aromatic rings. The zero-order chi connectivity index (χ0) is 12.0. The second-order valence-electron chi connectivity index (χ2n) is 4.34. The maximum atomic E-state index is 12.6. The van der Waals surface area contributed by atoms with Gasteiger partial charge < -0.3 is 10.5 Å². The summed E-state index contributed by atoms with van der Waals surface area (Å²) in [6.45, 7) is 4.62. The molecule has 1 aromatic carbocycles. The monoisotopic (exact) mass is 243 g/mol. The van der Waals surface area contributed by atoms with Gasteiger partial charge in [-0.1, -0.05) is 0 Å². The topological polar surface area (TPSA) is 35.2 Å². The van der Waals surface area contributed by atoms with Crippen LogP contribution in [-0.4, -0.2) is 23.7 Å². The van der Waals surface area contributed by atoms with Crippen LogP contribution in [-0.2, 0) is 0 Å². The molecule has 0 bridgehead atoms. The number of benzene rings is 1. The van der Waals surface area contributed by atoms with Gasteiger partial charge in [-0.25, -0.2) is 4.39 Å². The Morgan fingerprint density at radius 1 is 1.31 bits per heavy atom. The zero-order valence-corrected chi connectivity index (χ0v) is 10.5. The summed E-state index contributed by atoms with van der Waals surface area (Å²) in [5.74, 6) is 2.25. The van der Waals surface area contributed by atoms with Gasteiger partial charge in [0, 0.05) is 17.0 Å². The highest BCUT2D eigenvalue weighted by Crippen LogP contribution is 2.13. The number of rotatable bonds is 6. The van der Waals surface area contributed by atoms with E-state index in [1.165, 1.54) is 12.1 Å². The van der Waals surface area contributed by atoms with Gasteiger partial charge in [-0.3, -0.25) is 0 Å². The molecule has 4 heteroatoms. The molecule has 16 heavy (non-hydrogen) atoms. The molecule has 0 amide bonds. The molecule has 0 aromatic heterocycles. The van der Waals surface area contributed by atoms with Crippen LogP contribution in [0.15, 0.2) is 24.3 Å². The van der Waals surface area contributed by atoms with Gasteiger partial charge >= 0.3 is 0 Å². The maximum absolute atomic E-state index is 12.6. The first-order valence-electron chi connectivity index (χ1n) is 5.22. The molecule has 90 valence electrons. The van der Waals surface area contributed by atoms with E-state index in [0.29, 0.717) is 12.4 Å². The van der Waals surface area contributed by atoms with Gasteiger partial charge in [-0.05, 0) is 38.1 Å². The molecule has 0 saturated heterocycles. The Morgan fingerprint density at radius 2 is 1.94 bits per heavy atom. The van der Waals surface area contributed by atoms with Crippen molar-refractivity contribution < 1.29 is 9.13 Å². The molecule has 0 aliphatic heterocycles. The molecule has 0 radical (unpaired) electrons. The highest BCUT2D eigenvalue weighted by atomic mass is 32.2. The molecule has 1 rings (SSSR count). The van der Waals surface area contributed by atoms with Crippen molar-refractivity contribution in [1.82, 2.24) is 0 Å². The van der Waals surface area contributed by atoms with Crippen LogP contribution in [0, 0.1) is 5.82 Å². The molecule has 0 heterocycles. The first-order chi connectivity index (χ1) is 7.47. The fourth-order valence-corrected chi connectivity index (χ4v) is 1.96. The molecule has 0 atom stereocenters. The third kappa shape index (κ3) is 5.98. The summed E-state index contributed by atoms with van der Waals surface area (Å²) in [4.78, 5) is 0. The van der Waals surface area contributed by atoms with Crippen molar-refractivity contribution >= 4 is 11.8 Å². The van der Waals surface area contributed by atoms with Crippen molar-refractivity contribution in [3.05, 3.63) is 30.1 Å². The van der Waals surface area contributed by atoms with E-state index in [2.05, 4.69) is 0 Å². The number of nitrogens with two attached hydrogens (primary N) is 1. The fourth-order valence-electron chi connectivity index (χ4n) is 1.08. The molecule has 0 fully saturated rings. The Kier molecular flexibility index (Phi) is 5.09. The van der Waals surface area contributed by atoms with Gasteiger partial charge in [-0.15, -0.1) is 0 Å². The Bertz CT molecular complexity index is 308. The lowest BCUT2D eigenvalue weighted by molar-refractivity contribution is 0.343.